The Balaban J connectivity index is 2.33. The van der Waals surface area contributed by atoms with E-state index in [9.17, 15) is 9.59 Å². The van der Waals surface area contributed by atoms with E-state index in [0.717, 1.165) is 28.5 Å². The third-order valence-corrected chi connectivity index (χ3v) is 6.71. The Bertz CT molecular complexity index is 780. The lowest BCUT2D eigenvalue weighted by molar-refractivity contribution is -0.134. The summed E-state index contributed by atoms with van der Waals surface area (Å²) >= 11 is 10.0. The Kier molecular flexibility index (Phi) is 4.18. The van der Waals surface area contributed by atoms with Crippen molar-refractivity contribution in [2.24, 2.45) is 0 Å². The number of hydrogen-bond donors (Lipinski definition) is 0. The monoisotopic (exact) mass is 459 g/mol. The molecule has 3 rings (SSSR count). The van der Waals surface area contributed by atoms with E-state index in [1.54, 1.807) is 22.7 Å². The second kappa shape index (κ2) is 5.70. The summed E-state index contributed by atoms with van der Waals surface area (Å²) in [6.45, 7) is 3.92. The number of thiophene rings is 2. The maximum Gasteiger partial charge on any atom is 0.261 e. The molecule has 2 aromatic heterocycles. The van der Waals surface area contributed by atoms with E-state index in [1.807, 2.05) is 26.0 Å². The average Bonchev–Trinajstić information content (AvgIpc) is 3.01. The molecule has 0 aliphatic carbocycles. The van der Waals surface area contributed by atoms with Gasteiger partial charge in [0.15, 0.2) is 0 Å². The zero-order valence-electron chi connectivity index (χ0n) is 12.0. The molecular weight excluding hydrogens is 450 g/mol. The van der Waals surface area contributed by atoms with Gasteiger partial charge in [-0.25, -0.2) is 0 Å². The number of aryl methyl sites for hydroxylation is 2. The van der Waals surface area contributed by atoms with E-state index in [-0.39, 0.29) is 11.8 Å². The summed E-state index contributed by atoms with van der Waals surface area (Å²) in [4.78, 5) is 28.4. The van der Waals surface area contributed by atoms with Gasteiger partial charge in [0.25, 0.3) is 11.8 Å². The molecule has 22 heavy (non-hydrogen) atoms. The minimum Gasteiger partial charge on any atom is -0.277 e. The highest BCUT2D eigenvalue weighted by molar-refractivity contribution is 9.11. The second-order valence-electron chi connectivity index (χ2n) is 4.96. The number of likely N-dealkylation sites (N-methyl/N-ethyl adjacent to an activating group) is 1. The summed E-state index contributed by atoms with van der Waals surface area (Å²) in [5, 5.41) is 0. The van der Waals surface area contributed by atoms with Gasteiger partial charge in [-0.1, -0.05) is 0 Å². The predicted octanol–water partition coefficient (Wildman–Crippen LogP) is 4.86. The lowest BCUT2D eigenvalue weighted by Crippen LogP contribution is -2.26. The van der Waals surface area contributed by atoms with Crippen LogP contribution in [0.2, 0.25) is 0 Å². The maximum absolute atomic E-state index is 12.6. The first-order valence-corrected chi connectivity index (χ1v) is 9.62. The summed E-state index contributed by atoms with van der Waals surface area (Å²) in [7, 11) is 1.53. The van der Waals surface area contributed by atoms with Gasteiger partial charge in [-0.05, 0) is 57.8 Å². The van der Waals surface area contributed by atoms with Crippen LogP contribution in [0.15, 0.2) is 19.7 Å². The van der Waals surface area contributed by atoms with Crippen molar-refractivity contribution in [2.75, 3.05) is 7.05 Å². The Morgan fingerprint density at radius 2 is 1.23 bits per heavy atom. The molecule has 2 amide bonds. The number of carbonyl (C=O) groups is 2. The summed E-state index contributed by atoms with van der Waals surface area (Å²) in [5.41, 5.74) is 2.66. The van der Waals surface area contributed by atoms with Crippen LogP contribution in [-0.2, 0) is 9.59 Å². The summed E-state index contributed by atoms with van der Waals surface area (Å²) in [5.74, 6) is -0.481. The molecule has 3 nitrogen and oxygen atoms in total. The Hall–Kier alpha value is -0.760. The molecule has 0 saturated heterocycles. The van der Waals surface area contributed by atoms with Crippen LogP contribution in [-0.4, -0.2) is 23.8 Å². The van der Waals surface area contributed by atoms with Crippen LogP contribution in [0.1, 0.15) is 20.9 Å². The molecule has 0 aromatic carbocycles. The van der Waals surface area contributed by atoms with Crippen molar-refractivity contribution < 1.29 is 9.59 Å². The Morgan fingerprint density at radius 3 is 1.50 bits per heavy atom. The van der Waals surface area contributed by atoms with Crippen LogP contribution >= 0.6 is 54.5 Å². The quantitative estimate of drug-likeness (QED) is 0.600. The largest absolute Gasteiger partial charge is 0.277 e. The number of halogens is 2. The van der Waals surface area contributed by atoms with Gasteiger partial charge < -0.3 is 0 Å². The van der Waals surface area contributed by atoms with Gasteiger partial charge in [0.05, 0.1) is 18.7 Å². The van der Waals surface area contributed by atoms with Crippen LogP contribution in [0.4, 0.5) is 0 Å². The van der Waals surface area contributed by atoms with Crippen LogP contribution in [0.3, 0.4) is 0 Å². The zero-order valence-corrected chi connectivity index (χ0v) is 16.8. The zero-order chi connectivity index (χ0) is 16.2. The predicted molar refractivity (Wildman–Crippen MR) is 98.1 cm³/mol. The van der Waals surface area contributed by atoms with Gasteiger partial charge in [0.1, 0.15) is 0 Å². The Morgan fingerprint density at radius 1 is 0.864 bits per heavy atom. The van der Waals surface area contributed by atoms with E-state index in [2.05, 4.69) is 31.9 Å². The number of rotatable bonds is 2. The van der Waals surface area contributed by atoms with E-state index in [0.29, 0.717) is 11.1 Å². The Labute approximate surface area is 152 Å². The number of amides is 2. The van der Waals surface area contributed by atoms with Gasteiger partial charge in [-0.15, -0.1) is 22.7 Å². The molecule has 1 aliphatic heterocycles. The van der Waals surface area contributed by atoms with Gasteiger partial charge in [0, 0.05) is 27.9 Å². The van der Waals surface area contributed by atoms with Crippen LogP contribution in [0, 0.1) is 13.8 Å². The van der Waals surface area contributed by atoms with Crippen molar-refractivity contribution in [2.45, 2.75) is 13.8 Å². The van der Waals surface area contributed by atoms with Gasteiger partial charge in [0.2, 0.25) is 0 Å². The number of carbonyl (C=O) groups excluding carboxylic acids is 2. The third-order valence-electron chi connectivity index (χ3n) is 3.60. The van der Waals surface area contributed by atoms with Crippen LogP contribution in [0.25, 0.3) is 11.1 Å². The van der Waals surface area contributed by atoms with E-state index >= 15 is 0 Å². The third kappa shape index (κ3) is 2.44. The number of hydrogen-bond acceptors (Lipinski definition) is 4. The van der Waals surface area contributed by atoms with Gasteiger partial charge in [-0.3, -0.25) is 14.5 Å². The lowest BCUT2D eigenvalue weighted by atomic mass is 9.97. The van der Waals surface area contributed by atoms with Crippen molar-refractivity contribution in [3.05, 3.63) is 40.6 Å². The number of imide groups is 1. The van der Waals surface area contributed by atoms with Crippen LogP contribution < -0.4 is 0 Å². The highest BCUT2D eigenvalue weighted by atomic mass is 79.9. The summed E-state index contributed by atoms with van der Waals surface area (Å²) in [6, 6.07) is 3.83. The lowest BCUT2D eigenvalue weighted by Gasteiger charge is -2.06. The minimum atomic E-state index is -0.241. The fraction of sp³-hybridized carbons (Fsp3) is 0.200. The molecule has 2 aromatic rings. The molecule has 0 saturated carbocycles. The average molecular weight is 461 g/mol. The first-order valence-electron chi connectivity index (χ1n) is 6.40. The van der Waals surface area contributed by atoms with Gasteiger partial charge >= 0.3 is 0 Å². The summed E-state index contributed by atoms with van der Waals surface area (Å²) in [6.07, 6.45) is 0. The fourth-order valence-electron chi connectivity index (χ4n) is 2.53. The first-order chi connectivity index (χ1) is 10.3. The summed E-state index contributed by atoms with van der Waals surface area (Å²) < 4.78 is 1.90. The van der Waals surface area contributed by atoms with E-state index in [1.165, 1.54) is 11.9 Å². The smallest absolute Gasteiger partial charge is 0.261 e. The molecule has 0 radical (unpaired) electrons. The molecule has 3 heterocycles. The van der Waals surface area contributed by atoms with E-state index < -0.39 is 0 Å². The number of nitrogens with zero attached hydrogens (tertiary/aromatic N) is 1. The van der Waals surface area contributed by atoms with Crippen molar-refractivity contribution in [3.8, 4) is 0 Å². The van der Waals surface area contributed by atoms with E-state index in [4.69, 9.17) is 0 Å². The SMILES string of the molecule is Cc1sc(Br)cc1C1=C(c2cc(Br)sc2C)C(=O)N(C)C1=O. The molecule has 1 aliphatic rings. The molecule has 7 heteroatoms. The van der Waals surface area contributed by atoms with Crippen molar-refractivity contribution in [1.29, 1.82) is 0 Å². The highest BCUT2D eigenvalue weighted by Crippen LogP contribution is 2.42. The molecule has 0 fully saturated rings. The topological polar surface area (TPSA) is 37.4 Å². The first kappa shape index (κ1) is 16.1. The van der Waals surface area contributed by atoms with Crippen molar-refractivity contribution >= 4 is 77.5 Å². The molecular formula is C15H11Br2NO2S2. The van der Waals surface area contributed by atoms with Crippen LogP contribution in [0.5, 0.6) is 0 Å². The van der Waals surface area contributed by atoms with Crippen molar-refractivity contribution in [1.82, 2.24) is 4.90 Å². The molecule has 114 valence electrons. The second-order valence-corrected chi connectivity index (χ2v) is 10.2. The fourth-order valence-corrected chi connectivity index (χ4v) is 5.92. The normalized spacial score (nSPS) is 15.4. The standard InChI is InChI=1S/C15H11Br2NO2S2/c1-6-8(4-10(16)21-6)12-13(15(20)18(3)14(12)19)9-5-11(17)22-7(9)2/h4-5H,1-3H3. The molecule has 0 unspecified atom stereocenters. The molecule has 0 bridgehead atoms. The van der Waals surface area contributed by atoms with Crippen molar-refractivity contribution in [3.63, 3.8) is 0 Å². The van der Waals surface area contributed by atoms with Gasteiger partial charge in [-0.2, -0.15) is 0 Å². The maximum atomic E-state index is 12.6. The molecule has 0 N–H and O–H groups in total. The highest BCUT2D eigenvalue weighted by Gasteiger charge is 2.39. The molecule has 0 atom stereocenters. The molecule has 0 spiro atoms. The minimum absolute atomic E-state index is 0.241.